The summed E-state index contributed by atoms with van der Waals surface area (Å²) in [5.74, 6) is 0. The smallest absolute Gasteiger partial charge is 0.268 e. The van der Waals surface area contributed by atoms with E-state index < -0.39 is 5.69 Å². The van der Waals surface area contributed by atoms with Crippen LogP contribution in [0.3, 0.4) is 0 Å². The Labute approximate surface area is 143 Å². The first-order chi connectivity index (χ1) is 12.3. The molecule has 2 aromatic carbocycles. The van der Waals surface area contributed by atoms with Crippen molar-refractivity contribution in [3.8, 4) is 5.69 Å². The van der Waals surface area contributed by atoms with Crippen molar-refractivity contribution >= 4 is 11.0 Å². The van der Waals surface area contributed by atoms with Gasteiger partial charge in [0.25, 0.3) is 5.56 Å². The number of fused-ring (bicyclic) bond motifs is 1. The highest BCUT2D eigenvalue weighted by Gasteiger charge is 2.15. The third-order valence-electron chi connectivity index (χ3n) is 4.09. The molecule has 0 radical (unpaired) electrons. The maximum Gasteiger partial charge on any atom is 0.337 e. The topological polar surface area (TPSA) is 56.9 Å². The van der Waals surface area contributed by atoms with E-state index in [1.54, 1.807) is 18.3 Å². The summed E-state index contributed by atoms with van der Waals surface area (Å²) < 4.78 is 2.74. The minimum atomic E-state index is -0.397. The molecule has 25 heavy (non-hydrogen) atoms. The molecule has 5 nitrogen and oxygen atoms in total. The highest BCUT2D eigenvalue weighted by Crippen LogP contribution is 2.11. The maximum atomic E-state index is 13.1. The lowest BCUT2D eigenvalue weighted by atomic mass is 10.2. The Morgan fingerprint density at radius 1 is 0.800 bits per heavy atom. The zero-order valence-corrected chi connectivity index (χ0v) is 13.4. The van der Waals surface area contributed by atoms with E-state index in [0.717, 1.165) is 5.56 Å². The van der Waals surface area contributed by atoms with Crippen LogP contribution in [0.4, 0.5) is 0 Å². The van der Waals surface area contributed by atoms with Gasteiger partial charge in [-0.05, 0) is 29.8 Å². The molecule has 0 N–H and O–H groups in total. The van der Waals surface area contributed by atoms with E-state index in [1.165, 1.54) is 9.13 Å². The Morgan fingerprint density at radius 3 is 2.20 bits per heavy atom. The predicted molar refractivity (Wildman–Crippen MR) is 97.1 cm³/mol. The van der Waals surface area contributed by atoms with Crippen LogP contribution in [0.1, 0.15) is 5.56 Å². The Bertz CT molecular complexity index is 1150. The monoisotopic (exact) mass is 329 g/mol. The largest absolute Gasteiger partial charge is 0.337 e. The van der Waals surface area contributed by atoms with Crippen LogP contribution in [0.5, 0.6) is 0 Å². The zero-order chi connectivity index (χ0) is 17.2. The molecule has 0 spiro atoms. The summed E-state index contributed by atoms with van der Waals surface area (Å²) in [6.45, 7) is 0.218. The van der Waals surface area contributed by atoms with E-state index in [4.69, 9.17) is 0 Å². The molecule has 122 valence electrons. The molecule has 0 aliphatic carbocycles. The summed E-state index contributed by atoms with van der Waals surface area (Å²) in [7, 11) is 0. The highest BCUT2D eigenvalue weighted by atomic mass is 16.2. The van der Waals surface area contributed by atoms with Crippen molar-refractivity contribution in [2.75, 3.05) is 0 Å². The van der Waals surface area contributed by atoms with E-state index in [9.17, 15) is 9.59 Å². The van der Waals surface area contributed by atoms with Crippen LogP contribution in [-0.4, -0.2) is 14.1 Å². The van der Waals surface area contributed by atoms with Crippen molar-refractivity contribution in [1.82, 2.24) is 14.1 Å². The van der Waals surface area contributed by atoms with E-state index in [0.29, 0.717) is 16.7 Å². The summed E-state index contributed by atoms with van der Waals surface area (Å²) in [5.41, 5.74) is 1.21. The third-order valence-corrected chi connectivity index (χ3v) is 4.09. The van der Waals surface area contributed by atoms with Gasteiger partial charge in [-0.15, -0.1) is 0 Å². The number of para-hydroxylation sites is 1. The number of hydrogen-bond acceptors (Lipinski definition) is 3. The first-order valence-electron chi connectivity index (χ1n) is 7.95. The number of pyridine rings is 1. The number of nitrogens with zero attached hydrogens (tertiary/aromatic N) is 3. The van der Waals surface area contributed by atoms with Gasteiger partial charge in [-0.1, -0.05) is 48.5 Å². The molecule has 4 aromatic rings. The molecule has 0 fully saturated rings. The van der Waals surface area contributed by atoms with Crippen molar-refractivity contribution in [3.63, 3.8) is 0 Å². The average molecular weight is 329 g/mol. The van der Waals surface area contributed by atoms with Crippen molar-refractivity contribution in [1.29, 1.82) is 0 Å². The fourth-order valence-electron chi connectivity index (χ4n) is 2.90. The van der Waals surface area contributed by atoms with Crippen LogP contribution >= 0.6 is 0 Å². The quantitative estimate of drug-likeness (QED) is 0.580. The molecule has 0 bridgehead atoms. The van der Waals surface area contributed by atoms with Crippen molar-refractivity contribution < 1.29 is 0 Å². The normalized spacial score (nSPS) is 10.9. The molecule has 0 amide bonds. The van der Waals surface area contributed by atoms with Gasteiger partial charge in [0.15, 0.2) is 5.65 Å². The molecule has 4 rings (SSSR count). The summed E-state index contributed by atoms with van der Waals surface area (Å²) in [5, 5.41) is 0.418. The minimum absolute atomic E-state index is 0.218. The van der Waals surface area contributed by atoms with Crippen molar-refractivity contribution in [2.45, 2.75) is 6.54 Å². The summed E-state index contributed by atoms with van der Waals surface area (Å²) in [6.07, 6.45) is 1.59. The Morgan fingerprint density at radius 2 is 1.48 bits per heavy atom. The van der Waals surface area contributed by atoms with Crippen LogP contribution in [0.15, 0.2) is 88.6 Å². The Hall–Kier alpha value is -3.47. The second kappa shape index (κ2) is 6.20. The maximum absolute atomic E-state index is 13.1. The van der Waals surface area contributed by atoms with Gasteiger partial charge >= 0.3 is 5.69 Å². The summed E-state index contributed by atoms with van der Waals surface area (Å²) in [4.78, 5) is 30.2. The average Bonchev–Trinajstić information content (AvgIpc) is 2.67. The van der Waals surface area contributed by atoms with Gasteiger partial charge in [-0.2, -0.15) is 0 Å². The van der Waals surface area contributed by atoms with Gasteiger partial charge in [0.05, 0.1) is 17.6 Å². The van der Waals surface area contributed by atoms with E-state index in [2.05, 4.69) is 4.98 Å². The number of benzene rings is 2. The number of hydrogen-bond donors (Lipinski definition) is 0. The lowest BCUT2D eigenvalue weighted by molar-refractivity contribution is 0.683. The first-order valence-corrected chi connectivity index (χ1v) is 7.95. The molecule has 0 atom stereocenters. The van der Waals surface area contributed by atoms with Gasteiger partial charge in [0, 0.05) is 6.20 Å². The molecular formula is C20H15N3O2. The van der Waals surface area contributed by atoms with Crippen LogP contribution in [0, 0.1) is 0 Å². The fraction of sp³-hybridized carbons (Fsp3) is 0.0500. The van der Waals surface area contributed by atoms with E-state index in [1.807, 2.05) is 60.7 Å². The van der Waals surface area contributed by atoms with E-state index >= 15 is 0 Å². The van der Waals surface area contributed by atoms with Crippen molar-refractivity contribution in [3.05, 3.63) is 105 Å². The summed E-state index contributed by atoms with van der Waals surface area (Å²) in [6, 6.07) is 22.1. The van der Waals surface area contributed by atoms with Crippen molar-refractivity contribution in [2.24, 2.45) is 0 Å². The SMILES string of the molecule is O=c1c2cccnc2n(-c2ccccc2)c(=O)n1Cc1ccccc1. The lowest BCUT2D eigenvalue weighted by Crippen LogP contribution is -2.40. The van der Waals surface area contributed by atoms with Gasteiger partial charge in [-0.25, -0.2) is 14.3 Å². The second-order valence-electron chi connectivity index (χ2n) is 5.70. The summed E-state index contributed by atoms with van der Waals surface area (Å²) >= 11 is 0. The molecule has 0 aliphatic heterocycles. The third kappa shape index (κ3) is 2.65. The zero-order valence-electron chi connectivity index (χ0n) is 13.4. The molecule has 0 saturated carbocycles. The molecule has 2 heterocycles. The second-order valence-corrected chi connectivity index (χ2v) is 5.70. The number of aromatic nitrogens is 3. The molecule has 2 aromatic heterocycles. The molecule has 0 saturated heterocycles. The predicted octanol–water partition coefficient (Wildman–Crippen LogP) is 2.60. The van der Waals surface area contributed by atoms with Crippen LogP contribution in [-0.2, 0) is 6.54 Å². The van der Waals surface area contributed by atoms with Gasteiger partial charge in [0.1, 0.15) is 0 Å². The minimum Gasteiger partial charge on any atom is -0.268 e. The fourth-order valence-corrected chi connectivity index (χ4v) is 2.90. The number of rotatable bonds is 3. The van der Waals surface area contributed by atoms with Crippen LogP contribution < -0.4 is 11.2 Å². The lowest BCUT2D eigenvalue weighted by Gasteiger charge is -2.13. The molecule has 0 aliphatic rings. The molecule has 0 unspecified atom stereocenters. The first kappa shape index (κ1) is 15.1. The highest BCUT2D eigenvalue weighted by molar-refractivity contribution is 5.75. The van der Waals surface area contributed by atoms with Crippen LogP contribution in [0.2, 0.25) is 0 Å². The molecular weight excluding hydrogens is 314 g/mol. The standard InChI is InChI=1S/C20H15N3O2/c24-19-17-12-7-13-21-18(17)23(16-10-5-2-6-11-16)20(25)22(19)14-15-8-3-1-4-9-15/h1-13H,14H2. The van der Waals surface area contributed by atoms with Gasteiger partial charge < -0.3 is 0 Å². The van der Waals surface area contributed by atoms with Gasteiger partial charge in [-0.3, -0.25) is 9.36 Å². The van der Waals surface area contributed by atoms with Crippen LogP contribution in [0.25, 0.3) is 16.7 Å². The van der Waals surface area contributed by atoms with Gasteiger partial charge in [0.2, 0.25) is 0 Å². The molecule has 5 heteroatoms. The Balaban J connectivity index is 2.05. The Kier molecular flexibility index (Phi) is 3.74. The van der Waals surface area contributed by atoms with E-state index in [-0.39, 0.29) is 12.1 Å².